The summed E-state index contributed by atoms with van der Waals surface area (Å²) in [5.74, 6) is -1.89. The van der Waals surface area contributed by atoms with Crippen LogP contribution in [0, 0.1) is 0 Å². The zero-order valence-corrected chi connectivity index (χ0v) is 17.9. The van der Waals surface area contributed by atoms with Gasteiger partial charge in [-0.25, -0.2) is 0 Å². The molecule has 0 saturated heterocycles. The maximum atomic E-state index is 13.5. The lowest BCUT2D eigenvalue weighted by Crippen LogP contribution is -2.30. The number of phenols is 1. The minimum absolute atomic E-state index is 0.0174. The van der Waals surface area contributed by atoms with Crippen LogP contribution in [0.15, 0.2) is 88.8 Å². The van der Waals surface area contributed by atoms with Gasteiger partial charge in [-0.05, 0) is 59.7 Å². The molecule has 3 heterocycles. The molecule has 1 atom stereocenters. The Morgan fingerprint density at radius 1 is 1.03 bits per heavy atom. The molecule has 0 fully saturated rings. The fourth-order valence-corrected chi connectivity index (χ4v) is 4.18. The SMILES string of the molecule is O=C(C1=C(O)C(=O)N(Cc2ccncc2)C1c1ccc(O)cc1)c1cc2cc(Cl)ccc2o1. The van der Waals surface area contributed by atoms with E-state index >= 15 is 0 Å². The number of ketones is 1. The Morgan fingerprint density at radius 3 is 2.48 bits per heavy atom. The molecule has 0 saturated carbocycles. The number of aromatic nitrogens is 1. The summed E-state index contributed by atoms with van der Waals surface area (Å²) in [5.41, 5.74) is 1.70. The van der Waals surface area contributed by atoms with Crippen LogP contribution in [0.2, 0.25) is 5.02 Å². The van der Waals surface area contributed by atoms with Gasteiger partial charge in [-0.1, -0.05) is 23.7 Å². The normalized spacial score (nSPS) is 16.1. The molecule has 0 radical (unpaired) electrons. The second-order valence-electron chi connectivity index (χ2n) is 7.67. The van der Waals surface area contributed by atoms with Crippen molar-refractivity contribution < 1.29 is 24.2 Å². The van der Waals surface area contributed by atoms with Gasteiger partial charge in [-0.3, -0.25) is 14.6 Å². The molecule has 2 aromatic carbocycles. The van der Waals surface area contributed by atoms with E-state index < -0.39 is 23.5 Å². The van der Waals surface area contributed by atoms with Crippen LogP contribution in [0.5, 0.6) is 5.75 Å². The second-order valence-corrected chi connectivity index (χ2v) is 8.10. The van der Waals surface area contributed by atoms with Gasteiger partial charge in [0.1, 0.15) is 11.3 Å². The average molecular weight is 461 g/mol. The van der Waals surface area contributed by atoms with Gasteiger partial charge >= 0.3 is 0 Å². The summed E-state index contributed by atoms with van der Waals surface area (Å²) in [5, 5.41) is 21.6. The number of fused-ring (bicyclic) bond motifs is 1. The van der Waals surface area contributed by atoms with Crippen molar-refractivity contribution in [2.75, 3.05) is 0 Å². The van der Waals surface area contributed by atoms with Crippen LogP contribution in [-0.2, 0) is 11.3 Å². The van der Waals surface area contributed by atoms with Crippen molar-refractivity contribution in [2.24, 2.45) is 0 Å². The Labute approximate surface area is 193 Å². The predicted octanol–water partition coefficient (Wildman–Crippen LogP) is 4.97. The van der Waals surface area contributed by atoms with Gasteiger partial charge in [0, 0.05) is 29.3 Å². The van der Waals surface area contributed by atoms with E-state index in [2.05, 4.69) is 4.98 Å². The van der Waals surface area contributed by atoms with Crippen molar-refractivity contribution >= 4 is 34.3 Å². The third-order valence-corrected chi connectivity index (χ3v) is 5.80. The molecule has 1 amide bonds. The van der Waals surface area contributed by atoms with Crippen molar-refractivity contribution in [1.82, 2.24) is 9.88 Å². The molecule has 0 aliphatic carbocycles. The number of carbonyl (C=O) groups excluding carboxylic acids is 2. The fraction of sp³-hybridized carbons (Fsp3) is 0.0800. The first-order chi connectivity index (χ1) is 15.9. The smallest absolute Gasteiger partial charge is 0.290 e. The molecule has 2 aromatic heterocycles. The number of hydrogen-bond donors (Lipinski definition) is 2. The second kappa shape index (κ2) is 8.11. The van der Waals surface area contributed by atoms with E-state index in [1.165, 1.54) is 23.1 Å². The summed E-state index contributed by atoms with van der Waals surface area (Å²) in [7, 11) is 0. The molecule has 1 aliphatic rings. The molecule has 4 aromatic rings. The molecule has 33 heavy (non-hydrogen) atoms. The van der Waals surface area contributed by atoms with Gasteiger partial charge < -0.3 is 19.5 Å². The number of Topliss-reactive ketones (excluding diaryl/α,β-unsaturated/α-hetero) is 1. The molecule has 0 bridgehead atoms. The minimum atomic E-state index is -0.879. The zero-order chi connectivity index (χ0) is 23.1. The number of furan rings is 1. The lowest BCUT2D eigenvalue weighted by atomic mass is 9.94. The van der Waals surface area contributed by atoms with Crippen LogP contribution in [0.4, 0.5) is 0 Å². The van der Waals surface area contributed by atoms with Crippen LogP contribution in [-0.4, -0.2) is 31.8 Å². The number of aliphatic hydroxyl groups is 1. The quantitative estimate of drug-likeness (QED) is 0.408. The number of aliphatic hydroxyl groups excluding tert-OH is 1. The third-order valence-electron chi connectivity index (χ3n) is 5.56. The number of amides is 1. The molecule has 2 N–H and O–H groups in total. The lowest BCUT2D eigenvalue weighted by Gasteiger charge is -2.26. The zero-order valence-electron chi connectivity index (χ0n) is 17.1. The minimum Gasteiger partial charge on any atom is -0.508 e. The standard InChI is InChI=1S/C25H17ClN2O5/c26-17-3-6-19-16(11-17)12-20(33-19)23(30)21-22(15-1-4-18(29)5-2-15)28(25(32)24(21)31)13-14-7-9-27-10-8-14/h1-12,22,29,31H,13H2. The molecule has 7 nitrogen and oxygen atoms in total. The van der Waals surface area contributed by atoms with E-state index in [0.29, 0.717) is 21.6 Å². The summed E-state index contributed by atoms with van der Waals surface area (Å²) >= 11 is 6.04. The van der Waals surface area contributed by atoms with Crippen LogP contribution >= 0.6 is 11.6 Å². The first-order valence-corrected chi connectivity index (χ1v) is 10.5. The maximum absolute atomic E-state index is 13.5. The Kier molecular flexibility index (Phi) is 5.11. The van der Waals surface area contributed by atoms with Gasteiger partial charge in [0.2, 0.25) is 5.78 Å². The summed E-state index contributed by atoms with van der Waals surface area (Å²) in [6.45, 7) is 0.142. The summed E-state index contributed by atoms with van der Waals surface area (Å²) in [4.78, 5) is 32.0. The van der Waals surface area contributed by atoms with E-state index in [-0.39, 0.29) is 23.6 Å². The van der Waals surface area contributed by atoms with Crippen molar-refractivity contribution in [2.45, 2.75) is 12.6 Å². The van der Waals surface area contributed by atoms with Crippen LogP contribution in [0.1, 0.15) is 27.7 Å². The molecular formula is C25H17ClN2O5. The fourth-order valence-electron chi connectivity index (χ4n) is 4.00. The van der Waals surface area contributed by atoms with E-state index in [1.807, 2.05) is 0 Å². The average Bonchev–Trinajstić information content (AvgIpc) is 3.34. The highest BCUT2D eigenvalue weighted by Gasteiger charge is 2.44. The first-order valence-electron chi connectivity index (χ1n) is 10.1. The number of carbonyl (C=O) groups is 2. The van der Waals surface area contributed by atoms with Gasteiger partial charge in [0.15, 0.2) is 11.5 Å². The summed E-state index contributed by atoms with van der Waals surface area (Å²) in [6.07, 6.45) is 3.20. The Balaban J connectivity index is 1.60. The Morgan fingerprint density at radius 2 is 1.76 bits per heavy atom. The van der Waals surface area contributed by atoms with Crippen LogP contribution < -0.4 is 0 Å². The molecular weight excluding hydrogens is 444 g/mol. The van der Waals surface area contributed by atoms with E-state index in [0.717, 1.165) is 5.56 Å². The van der Waals surface area contributed by atoms with Crippen LogP contribution in [0.25, 0.3) is 11.0 Å². The monoisotopic (exact) mass is 460 g/mol. The molecule has 0 spiro atoms. The Bertz CT molecular complexity index is 1410. The number of benzene rings is 2. The largest absolute Gasteiger partial charge is 0.508 e. The molecule has 1 unspecified atom stereocenters. The van der Waals surface area contributed by atoms with Gasteiger partial charge in [0.25, 0.3) is 5.91 Å². The van der Waals surface area contributed by atoms with Gasteiger partial charge in [0.05, 0.1) is 11.6 Å². The Hall–Kier alpha value is -4.10. The summed E-state index contributed by atoms with van der Waals surface area (Å²) < 4.78 is 5.71. The molecule has 8 heteroatoms. The molecule has 1 aliphatic heterocycles. The topological polar surface area (TPSA) is 104 Å². The van der Waals surface area contributed by atoms with E-state index in [4.69, 9.17) is 16.0 Å². The third kappa shape index (κ3) is 3.72. The van der Waals surface area contributed by atoms with Crippen molar-refractivity contribution in [3.05, 3.63) is 106 Å². The van der Waals surface area contributed by atoms with Gasteiger partial charge in [-0.2, -0.15) is 0 Å². The molecule has 5 rings (SSSR count). The predicted molar refractivity (Wildman–Crippen MR) is 121 cm³/mol. The number of aromatic hydroxyl groups is 1. The van der Waals surface area contributed by atoms with Crippen molar-refractivity contribution in [3.63, 3.8) is 0 Å². The summed E-state index contributed by atoms with van der Waals surface area (Å²) in [6, 6.07) is 15.3. The molecule has 164 valence electrons. The van der Waals surface area contributed by atoms with Crippen molar-refractivity contribution in [3.8, 4) is 5.75 Å². The first kappa shape index (κ1) is 20.8. The number of rotatable bonds is 5. The highest BCUT2D eigenvalue weighted by Crippen LogP contribution is 2.41. The van der Waals surface area contributed by atoms with Gasteiger partial charge in [-0.15, -0.1) is 0 Å². The van der Waals surface area contributed by atoms with Crippen molar-refractivity contribution in [1.29, 1.82) is 0 Å². The number of nitrogens with zero attached hydrogens (tertiary/aromatic N) is 2. The number of hydrogen-bond acceptors (Lipinski definition) is 6. The lowest BCUT2D eigenvalue weighted by molar-refractivity contribution is -0.130. The van der Waals surface area contributed by atoms with Crippen LogP contribution in [0.3, 0.4) is 0 Å². The highest BCUT2D eigenvalue weighted by atomic mass is 35.5. The van der Waals surface area contributed by atoms with E-state index in [9.17, 15) is 19.8 Å². The maximum Gasteiger partial charge on any atom is 0.290 e. The highest BCUT2D eigenvalue weighted by molar-refractivity contribution is 6.31. The number of halogens is 1. The van der Waals surface area contributed by atoms with E-state index in [1.54, 1.807) is 54.9 Å². The number of phenolic OH excluding ortho intramolecular Hbond substituents is 1. The number of pyridine rings is 1.